The summed E-state index contributed by atoms with van der Waals surface area (Å²) in [4.78, 5) is 12.5. The molecule has 23 heavy (non-hydrogen) atoms. The summed E-state index contributed by atoms with van der Waals surface area (Å²) in [5, 5.41) is 3.18. The summed E-state index contributed by atoms with van der Waals surface area (Å²) >= 11 is 0. The van der Waals surface area contributed by atoms with Crippen molar-refractivity contribution >= 4 is 11.6 Å². The van der Waals surface area contributed by atoms with Crippen LogP contribution in [0.15, 0.2) is 18.2 Å². The lowest BCUT2D eigenvalue weighted by molar-refractivity contribution is -0.123. The maximum atomic E-state index is 12.5. The molecule has 3 atom stereocenters. The number of hydrogen-bond donors (Lipinski definition) is 3. The lowest BCUT2D eigenvalue weighted by atomic mass is 9.89. The van der Waals surface area contributed by atoms with Crippen LogP contribution in [-0.2, 0) is 4.79 Å². The molecule has 126 valence electrons. The van der Waals surface area contributed by atoms with Gasteiger partial charge in [-0.2, -0.15) is 0 Å². The van der Waals surface area contributed by atoms with Crippen LogP contribution in [0.1, 0.15) is 57.6 Å². The predicted molar refractivity (Wildman–Crippen MR) is 91.0 cm³/mol. The molecule has 3 rings (SSSR count). The molecule has 1 unspecified atom stereocenters. The number of ether oxygens (including phenoxy) is 1. The fourth-order valence-corrected chi connectivity index (χ4v) is 3.81. The van der Waals surface area contributed by atoms with Gasteiger partial charge in [0, 0.05) is 30.1 Å². The fraction of sp³-hybridized carbons (Fsp3) is 0.611. The molecule has 1 heterocycles. The van der Waals surface area contributed by atoms with Crippen molar-refractivity contribution in [2.75, 3.05) is 5.73 Å². The molecule has 2 aliphatic rings. The van der Waals surface area contributed by atoms with Crippen LogP contribution in [0.2, 0.25) is 0 Å². The molecule has 1 saturated carbocycles. The van der Waals surface area contributed by atoms with E-state index < -0.39 is 0 Å². The van der Waals surface area contributed by atoms with E-state index in [1.165, 1.54) is 0 Å². The van der Waals surface area contributed by atoms with Crippen molar-refractivity contribution in [3.63, 3.8) is 0 Å². The molecule has 1 amide bonds. The molecule has 0 radical (unpaired) electrons. The standard InChI is InChI=1S/C18H27N3O2/c1-18(2)10-15(13-9-12(19)6-7-16(13)23-18)21-17(22)8-11-4-3-5-14(11)20/h6-7,9,11,14-15H,3-5,8,10,19-20H2,1-2H3,(H,21,22)/t11-,14+,15?/m0/s1. The Labute approximate surface area is 137 Å². The number of nitrogens with one attached hydrogen (secondary N) is 1. The number of carbonyl (C=O) groups excluding carboxylic acids is 1. The van der Waals surface area contributed by atoms with Crippen LogP contribution in [0.4, 0.5) is 5.69 Å². The Balaban J connectivity index is 1.74. The normalized spacial score (nSPS) is 28.7. The molecule has 0 aromatic heterocycles. The third-order valence-corrected chi connectivity index (χ3v) is 4.99. The van der Waals surface area contributed by atoms with E-state index in [9.17, 15) is 4.79 Å². The Morgan fingerprint density at radius 3 is 2.87 bits per heavy atom. The molecule has 1 fully saturated rings. The molecule has 1 aliphatic carbocycles. The topological polar surface area (TPSA) is 90.4 Å². The minimum atomic E-state index is -0.315. The number of hydrogen-bond acceptors (Lipinski definition) is 4. The monoisotopic (exact) mass is 317 g/mol. The predicted octanol–water partition coefficient (Wildman–Crippen LogP) is 2.50. The Bertz CT molecular complexity index is 600. The number of benzene rings is 1. The number of anilines is 1. The highest BCUT2D eigenvalue weighted by Crippen LogP contribution is 2.40. The maximum absolute atomic E-state index is 12.5. The van der Waals surface area contributed by atoms with E-state index in [1.54, 1.807) is 0 Å². The van der Waals surface area contributed by atoms with Crippen LogP contribution >= 0.6 is 0 Å². The van der Waals surface area contributed by atoms with E-state index in [4.69, 9.17) is 16.2 Å². The molecule has 5 heteroatoms. The van der Waals surface area contributed by atoms with Crippen LogP contribution in [0, 0.1) is 5.92 Å². The number of nitrogens with two attached hydrogens (primary N) is 2. The Kier molecular flexibility index (Phi) is 4.23. The van der Waals surface area contributed by atoms with Gasteiger partial charge in [-0.3, -0.25) is 4.79 Å². The quantitative estimate of drug-likeness (QED) is 0.747. The van der Waals surface area contributed by atoms with E-state index in [-0.39, 0.29) is 23.6 Å². The van der Waals surface area contributed by atoms with Crippen LogP contribution in [0.25, 0.3) is 0 Å². The maximum Gasteiger partial charge on any atom is 0.220 e. The number of nitrogen functional groups attached to an aromatic ring is 1. The second-order valence-electron chi connectivity index (χ2n) is 7.54. The van der Waals surface area contributed by atoms with Crippen molar-refractivity contribution in [2.24, 2.45) is 11.7 Å². The fourth-order valence-electron chi connectivity index (χ4n) is 3.81. The number of carbonyl (C=O) groups is 1. The molecule has 1 aromatic rings. The first-order chi connectivity index (χ1) is 10.8. The van der Waals surface area contributed by atoms with Crippen LogP contribution in [0.3, 0.4) is 0 Å². The number of fused-ring (bicyclic) bond motifs is 1. The molecular formula is C18H27N3O2. The highest BCUT2D eigenvalue weighted by atomic mass is 16.5. The average molecular weight is 317 g/mol. The molecular weight excluding hydrogens is 290 g/mol. The van der Waals surface area contributed by atoms with Gasteiger partial charge in [0.2, 0.25) is 5.91 Å². The SMILES string of the molecule is CC1(C)CC(NC(=O)C[C@@H]2CCC[C@H]2N)c2cc(N)ccc2O1. The third kappa shape index (κ3) is 3.61. The van der Waals surface area contributed by atoms with Gasteiger partial charge in [0.15, 0.2) is 0 Å². The Morgan fingerprint density at radius 1 is 1.39 bits per heavy atom. The lowest BCUT2D eigenvalue weighted by Crippen LogP contribution is -2.42. The van der Waals surface area contributed by atoms with E-state index in [0.29, 0.717) is 18.0 Å². The van der Waals surface area contributed by atoms with E-state index >= 15 is 0 Å². The van der Waals surface area contributed by atoms with Crippen molar-refractivity contribution in [2.45, 2.75) is 63.6 Å². The molecule has 1 aromatic carbocycles. The van der Waals surface area contributed by atoms with Crippen LogP contribution < -0.4 is 21.5 Å². The first kappa shape index (κ1) is 16.1. The molecule has 5 nitrogen and oxygen atoms in total. The van der Waals surface area contributed by atoms with Crippen LogP contribution in [0.5, 0.6) is 5.75 Å². The van der Waals surface area contributed by atoms with Crippen molar-refractivity contribution in [1.82, 2.24) is 5.32 Å². The summed E-state index contributed by atoms with van der Waals surface area (Å²) < 4.78 is 6.01. The zero-order chi connectivity index (χ0) is 16.6. The van der Waals surface area contributed by atoms with Gasteiger partial charge in [0.25, 0.3) is 0 Å². The largest absolute Gasteiger partial charge is 0.487 e. The highest BCUT2D eigenvalue weighted by Gasteiger charge is 2.35. The Morgan fingerprint density at radius 2 is 2.17 bits per heavy atom. The molecule has 0 saturated heterocycles. The van der Waals surface area contributed by atoms with Crippen molar-refractivity contribution < 1.29 is 9.53 Å². The number of amides is 1. The molecule has 5 N–H and O–H groups in total. The Hall–Kier alpha value is -1.75. The molecule has 0 spiro atoms. The minimum Gasteiger partial charge on any atom is -0.487 e. The zero-order valence-corrected chi connectivity index (χ0v) is 14.0. The summed E-state index contributed by atoms with van der Waals surface area (Å²) in [6.07, 6.45) is 4.45. The summed E-state index contributed by atoms with van der Waals surface area (Å²) in [7, 11) is 0. The van der Waals surface area contributed by atoms with Gasteiger partial charge in [-0.1, -0.05) is 6.42 Å². The van der Waals surface area contributed by atoms with E-state index in [0.717, 1.165) is 37.0 Å². The lowest BCUT2D eigenvalue weighted by Gasteiger charge is -2.38. The third-order valence-electron chi connectivity index (χ3n) is 4.99. The molecule has 1 aliphatic heterocycles. The highest BCUT2D eigenvalue weighted by molar-refractivity contribution is 5.77. The second kappa shape index (κ2) is 6.04. The van der Waals surface area contributed by atoms with Gasteiger partial charge in [-0.25, -0.2) is 0 Å². The van der Waals surface area contributed by atoms with Crippen molar-refractivity contribution in [3.8, 4) is 5.75 Å². The number of rotatable bonds is 3. The van der Waals surface area contributed by atoms with E-state index in [2.05, 4.69) is 5.32 Å². The van der Waals surface area contributed by atoms with Crippen LogP contribution in [-0.4, -0.2) is 17.6 Å². The summed E-state index contributed by atoms with van der Waals surface area (Å²) in [5.74, 6) is 1.19. The van der Waals surface area contributed by atoms with Gasteiger partial charge in [-0.05, 0) is 50.8 Å². The van der Waals surface area contributed by atoms with Gasteiger partial charge in [0.05, 0.1) is 6.04 Å². The summed E-state index contributed by atoms with van der Waals surface area (Å²) in [6, 6.07) is 5.71. The summed E-state index contributed by atoms with van der Waals surface area (Å²) in [5.41, 5.74) is 13.3. The van der Waals surface area contributed by atoms with Gasteiger partial charge in [-0.15, -0.1) is 0 Å². The first-order valence-electron chi connectivity index (χ1n) is 8.47. The minimum absolute atomic E-state index is 0.0672. The van der Waals surface area contributed by atoms with Gasteiger partial charge >= 0.3 is 0 Å². The van der Waals surface area contributed by atoms with Gasteiger partial charge < -0.3 is 21.5 Å². The average Bonchev–Trinajstić information content (AvgIpc) is 2.84. The molecule has 0 bridgehead atoms. The van der Waals surface area contributed by atoms with Crippen molar-refractivity contribution in [1.29, 1.82) is 0 Å². The van der Waals surface area contributed by atoms with E-state index in [1.807, 2.05) is 32.0 Å². The van der Waals surface area contributed by atoms with Gasteiger partial charge in [0.1, 0.15) is 11.4 Å². The smallest absolute Gasteiger partial charge is 0.220 e. The second-order valence-corrected chi connectivity index (χ2v) is 7.54. The first-order valence-corrected chi connectivity index (χ1v) is 8.47. The van der Waals surface area contributed by atoms with Crippen molar-refractivity contribution in [3.05, 3.63) is 23.8 Å². The summed E-state index contributed by atoms with van der Waals surface area (Å²) in [6.45, 7) is 4.08. The zero-order valence-electron chi connectivity index (χ0n) is 14.0.